The zero-order chi connectivity index (χ0) is 21.1. The highest BCUT2D eigenvalue weighted by molar-refractivity contribution is 5.79. The van der Waals surface area contributed by atoms with Gasteiger partial charge in [0.05, 0.1) is 6.61 Å². The largest absolute Gasteiger partial charge is 0.488 e. The molecule has 0 aliphatic rings. The quantitative estimate of drug-likeness (QED) is 0.383. The molecule has 0 saturated carbocycles. The van der Waals surface area contributed by atoms with Gasteiger partial charge in [0.15, 0.2) is 5.96 Å². The molecule has 0 aliphatic carbocycles. The Bertz CT molecular complexity index is 770. The van der Waals surface area contributed by atoms with E-state index in [0.717, 1.165) is 16.9 Å². The first kappa shape index (κ1) is 22.5. The lowest BCUT2D eigenvalue weighted by molar-refractivity contribution is 0.129. The minimum absolute atomic E-state index is 0.248. The van der Waals surface area contributed by atoms with Gasteiger partial charge in [-0.25, -0.2) is 4.98 Å². The smallest absolute Gasteiger partial charge is 0.213 e. The summed E-state index contributed by atoms with van der Waals surface area (Å²) in [5.74, 6) is 2.16. The lowest BCUT2D eigenvalue weighted by atomic mass is 10.1. The maximum Gasteiger partial charge on any atom is 0.213 e. The lowest BCUT2D eigenvalue weighted by Crippen LogP contribution is -2.36. The average Bonchev–Trinajstić information content (AvgIpc) is 2.69. The maximum absolute atomic E-state index is 6.05. The third kappa shape index (κ3) is 8.39. The first-order valence-corrected chi connectivity index (χ1v) is 9.69. The fraction of sp³-hybridized carbons (Fsp3) is 0.455. The number of nitrogens with zero attached hydrogens (tertiary/aromatic N) is 2. The van der Waals surface area contributed by atoms with Crippen LogP contribution in [-0.2, 0) is 17.8 Å². The number of nitrogens with one attached hydrogen (secondary N) is 2. The Morgan fingerprint density at radius 2 is 1.79 bits per heavy atom. The number of guanidine groups is 1. The molecule has 1 heterocycles. The highest BCUT2D eigenvalue weighted by Gasteiger charge is 2.14. The third-order valence-corrected chi connectivity index (χ3v) is 3.85. The van der Waals surface area contributed by atoms with Crippen LogP contribution in [0, 0.1) is 0 Å². The van der Waals surface area contributed by atoms with Crippen molar-refractivity contribution in [1.82, 2.24) is 15.6 Å². The van der Waals surface area contributed by atoms with Crippen LogP contribution in [0.5, 0.6) is 11.6 Å². The number of aliphatic imine (C=N–C) groups is 1. The van der Waals surface area contributed by atoms with Crippen molar-refractivity contribution in [3.8, 4) is 11.6 Å². The van der Waals surface area contributed by atoms with Gasteiger partial charge >= 0.3 is 0 Å². The van der Waals surface area contributed by atoms with E-state index in [9.17, 15) is 0 Å². The highest BCUT2D eigenvalue weighted by atomic mass is 16.5. The molecule has 0 spiro atoms. The lowest BCUT2D eigenvalue weighted by Gasteiger charge is -2.23. The van der Waals surface area contributed by atoms with Crippen LogP contribution >= 0.6 is 0 Å². The molecule has 0 fully saturated rings. The first-order chi connectivity index (χ1) is 13.9. The zero-order valence-electron chi connectivity index (χ0n) is 18.0. The Morgan fingerprint density at radius 3 is 2.45 bits per heavy atom. The molecule has 2 rings (SSSR count). The second-order valence-electron chi connectivity index (χ2n) is 7.45. The number of ether oxygens (including phenoxy) is 3. The van der Waals surface area contributed by atoms with E-state index in [1.807, 2.05) is 57.2 Å². The van der Waals surface area contributed by atoms with Gasteiger partial charge in [0.2, 0.25) is 5.88 Å². The van der Waals surface area contributed by atoms with Gasteiger partial charge in [-0.15, -0.1) is 0 Å². The highest BCUT2D eigenvalue weighted by Crippen LogP contribution is 2.22. The molecule has 158 valence electrons. The van der Waals surface area contributed by atoms with E-state index in [0.29, 0.717) is 38.1 Å². The predicted molar refractivity (Wildman–Crippen MR) is 115 cm³/mol. The second kappa shape index (κ2) is 11.3. The van der Waals surface area contributed by atoms with Crippen molar-refractivity contribution >= 4 is 5.96 Å². The number of aromatic nitrogens is 1. The average molecular weight is 401 g/mol. The summed E-state index contributed by atoms with van der Waals surface area (Å²) in [4.78, 5) is 8.58. The Hall–Kier alpha value is -2.80. The summed E-state index contributed by atoms with van der Waals surface area (Å²) in [6.45, 7) is 8.36. The van der Waals surface area contributed by atoms with Crippen LogP contribution in [0.4, 0.5) is 0 Å². The zero-order valence-corrected chi connectivity index (χ0v) is 18.0. The van der Waals surface area contributed by atoms with Gasteiger partial charge in [-0.2, -0.15) is 0 Å². The van der Waals surface area contributed by atoms with Crippen LogP contribution in [0.2, 0.25) is 0 Å². The van der Waals surface area contributed by atoms with Crippen molar-refractivity contribution in [3.63, 3.8) is 0 Å². The van der Waals surface area contributed by atoms with Crippen molar-refractivity contribution in [3.05, 3.63) is 53.7 Å². The molecule has 0 aliphatic heterocycles. The van der Waals surface area contributed by atoms with Gasteiger partial charge in [-0.1, -0.05) is 24.3 Å². The summed E-state index contributed by atoms with van der Waals surface area (Å²) in [6, 6.07) is 11.8. The molecule has 0 atom stereocenters. The van der Waals surface area contributed by atoms with Gasteiger partial charge in [0, 0.05) is 45.1 Å². The van der Waals surface area contributed by atoms with E-state index in [2.05, 4.69) is 20.6 Å². The van der Waals surface area contributed by atoms with E-state index in [-0.39, 0.29) is 5.60 Å². The van der Waals surface area contributed by atoms with Crippen LogP contribution in [0.3, 0.4) is 0 Å². The van der Waals surface area contributed by atoms with Crippen molar-refractivity contribution in [2.45, 2.75) is 39.5 Å². The molecular weight excluding hydrogens is 368 g/mol. The summed E-state index contributed by atoms with van der Waals surface area (Å²) in [7, 11) is 3.39. The summed E-state index contributed by atoms with van der Waals surface area (Å²) >= 11 is 0. The number of benzene rings is 1. The Morgan fingerprint density at radius 1 is 1.03 bits per heavy atom. The number of hydrogen-bond donors (Lipinski definition) is 2. The number of rotatable bonds is 9. The molecule has 2 aromatic rings. The molecule has 7 nitrogen and oxygen atoms in total. The van der Waals surface area contributed by atoms with Gasteiger partial charge in [-0.05, 0) is 32.4 Å². The summed E-state index contributed by atoms with van der Waals surface area (Å²) in [6.07, 6.45) is 1.79. The molecule has 0 saturated heterocycles. The molecule has 0 amide bonds. The molecular formula is C22H32N4O3. The van der Waals surface area contributed by atoms with E-state index in [1.165, 1.54) is 0 Å². The minimum atomic E-state index is -0.248. The van der Waals surface area contributed by atoms with Crippen LogP contribution < -0.4 is 20.1 Å². The van der Waals surface area contributed by atoms with Gasteiger partial charge in [0.1, 0.15) is 18.0 Å². The number of methoxy groups -OCH3 is 1. The van der Waals surface area contributed by atoms with Crippen LogP contribution in [0.1, 0.15) is 31.9 Å². The molecule has 29 heavy (non-hydrogen) atoms. The summed E-state index contributed by atoms with van der Waals surface area (Å²) in [5, 5.41) is 6.62. The van der Waals surface area contributed by atoms with Gasteiger partial charge < -0.3 is 24.8 Å². The van der Waals surface area contributed by atoms with Crippen LogP contribution in [-0.4, -0.2) is 43.9 Å². The Kier molecular flexibility index (Phi) is 8.73. The SMILES string of the molecule is CN=C(NCc1ccc(OCCOC)nc1)NCc1ccccc1OC(C)(C)C. The fourth-order valence-electron chi connectivity index (χ4n) is 2.50. The summed E-state index contributed by atoms with van der Waals surface area (Å²) < 4.78 is 16.5. The normalized spacial score (nSPS) is 11.8. The minimum Gasteiger partial charge on any atom is -0.488 e. The predicted octanol–water partition coefficient (Wildman–Crippen LogP) is 3.15. The molecule has 0 radical (unpaired) electrons. The first-order valence-electron chi connectivity index (χ1n) is 9.69. The maximum atomic E-state index is 6.05. The molecule has 7 heteroatoms. The van der Waals surface area contributed by atoms with E-state index in [1.54, 1.807) is 20.4 Å². The van der Waals surface area contributed by atoms with Crippen molar-refractivity contribution in [2.24, 2.45) is 4.99 Å². The van der Waals surface area contributed by atoms with E-state index >= 15 is 0 Å². The standard InChI is InChI=1S/C22H32N4O3/c1-22(2,3)29-19-9-7-6-8-18(19)16-26-21(23-4)25-15-17-10-11-20(24-14-17)28-13-12-27-5/h6-11,14H,12-13,15-16H2,1-5H3,(H2,23,25,26). The topological polar surface area (TPSA) is 77.0 Å². The second-order valence-corrected chi connectivity index (χ2v) is 7.45. The monoisotopic (exact) mass is 400 g/mol. The van der Waals surface area contributed by atoms with Crippen molar-refractivity contribution < 1.29 is 14.2 Å². The molecule has 1 aromatic carbocycles. The number of para-hydroxylation sites is 1. The number of hydrogen-bond acceptors (Lipinski definition) is 5. The van der Waals surface area contributed by atoms with Crippen LogP contribution in [0.25, 0.3) is 0 Å². The van der Waals surface area contributed by atoms with Gasteiger partial charge in [0.25, 0.3) is 0 Å². The fourth-order valence-corrected chi connectivity index (χ4v) is 2.50. The molecule has 0 unspecified atom stereocenters. The molecule has 2 N–H and O–H groups in total. The van der Waals surface area contributed by atoms with Crippen molar-refractivity contribution in [1.29, 1.82) is 0 Å². The van der Waals surface area contributed by atoms with E-state index in [4.69, 9.17) is 14.2 Å². The van der Waals surface area contributed by atoms with Crippen LogP contribution in [0.15, 0.2) is 47.6 Å². The Labute approximate surface area is 173 Å². The molecule has 0 bridgehead atoms. The summed E-state index contributed by atoms with van der Waals surface area (Å²) in [5.41, 5.74) is 1.86. The molecule has 1 aromatic heterocycles. The third-order valence-electron chi connectivity index (χ3n) is 3.85. The van der Waals surface area contributed by atoms with Crippen molar-refractivity contribution in [2.75, 3.05) is 27.4 Å². The number of pyridine rings is 1. The Balaban J connectivity index is 1.86. The van der Waals surface area contributed by atoms with Gasteiger partial charge in [-0.3, -0.25) is 4.99 Å². The van der Waals surface area contributed by atoms with E-state index < -0.39 is 0 Å².